The van der Waals surface area contributed by atoms with E-state index in [0.29, 0.717) is 35.4 Å². The molecule has 9 nitrogen and oxygen atoms in total. The number of nitrogen functional groups attached to an aromatic ring is 1. The Morgan fingerprint density at radius 1 is 1.14 bits per heavy atom. The molecular weight excluding hydrogens is 487 g/mol. The minimum absolute atomic E-state index is 0.113. The maximum Gasteiger partial charge on any atom is 0.416 e. The van der Waals surface area contributed by atoms with E-state index >= 15 is 0 Å². The highest BCUT2D eigenvalue weighted by atomic mass is 19.4. The first-order chi connectivity index (χ1) is 17.7. The van der Waals surface area contributed by atoms with Gasteiger partial charge in [-0.05, 0) is 49.2 Å². The number of hydrogen-bond acceptors (Lipinski definition) is 7. The van der Waals surface area contributed by atoms with Gasteiger partial charge in [-0.15, -0.1) is 0 Å². The summed E-state index contributed by atoms with van der Waals surface area (Å²) < 4.78 is 45.7. The van der Waals surface area contributed by atoms with Crippen molar-refractivity contribution in [3.63, 3.8) is 0 Å². The topological polar surface area (TPSA) is 112 Å². The number of hydrogen-bond donors (Lipinski definition) is 1. The SMILES string of the molecule is C=CC(=O)N1CCC[C@@H](n2nc(-c3ccc(Oc4ccc(C(F)(F)F)cc4)nc3)c3c(N)ncnc32)C1. The number of nitrogens with two attached hydrogens (primary N) is 1. The van der Waals surface area contributed by atoms with Crippen molar-refractivity contribution < 1.29 is 22.7 Å². The van der Waals surface area contributed by atoms with Gasteiger partial charge >= 0.3 is 6.18 Å². The summed E-state index contributed by atoms with van der Waals surface area (Å²) in [5.74, 6) is 0.536. The fraction of sp³-hybridized carbons (Fsp3) is 0.240. The molecule has 3 aromatic heterocycles. The number of carbonyl (C=O) groups is 1. The standard InChI is InChI=1S/C25H22F3N7O2/c1-2-20(36)34-11-3-4-17(13-34)35-24-21(23(29)31-14-32-24)22(33-35)15-5-10-19(30-12-15)37-18-8-6-16(7-9-18)25(26,27)28/h2,5-10,12,14,17H,1,3-4,11,13H2,(H2,29,31,32)/t17-/m1/s1. The molecule has 1 saturated heterocycles. The quantitative estimate of drug-likeness (QED) is 0.390. The highest BCUT2D eigenvalue weighted by Gasteiger charge is 2.30. The molecule has 1 atom stereocenters. The molecule has 4 aromatic rings. The second kappa shape index (κ2) is 9.52. The predicted octanol–water partition coefficient (Wildman–Crippen LogP) is 4.63. The van der Waals surface area contributed by atoms with Crippen molar-refractivity contribution in [2.45, 2.75) is 25.1 Å². The molecule has 2 N–H and O–H groups in total. The van der Waals surface area contributed by atoms with Gasteiger partial charge in [-0.1, -0.05) is 6.58 Å². The Labute approximate surface area is 209 Å². The van der Waals surface area contributed by atoms with Crippen molar-refractivity contribution in [3.8, 4) is 22.9 Å². The van der Waals surface area contributed by atoms with E-state index in [4.69, 9.17) is 15.6 Å². The van der Waals surface area contributed by atoms with Crippen LogP contribution in [-0.2, 0) is 11.0 Å². The number of benzene rings is 1. The van der Waals surface area contributed by atoms with Crippen LogP contribution in [0.2, 0.25) is 0 Å². The van der Waals surface area contributed by atoms with E-state index in [0.717, 1.165) is 25.0 Å². The van der Waals surface area contributed by atoms with Crippen LogP contribution in [0.4, 0.5) is 19.0 Å². The number of likely N-dealkylation sites (tertiary alicyclic amines) is 1. The maximum atomic E-state index is 12.8. The van der Waals surface area contributed by atoms with E-state index in [1.165, 1.54) is 30.7 Å². The van der Waals surface area contributed by atoms with E-state index in [2.05, 4.69) is 21.5 Å². The molecule has 4 heterocycles. The van der Waals surface area contributed by atoms with Crippen LogP contribution in [0, 0.1) is 0 Å². The molecule has 0 bridgehead atoms. The van der Waals surface area contributed by atoms with Gasteiger partial charge in [0.15, 0.2) is 5.65 Å². The first-order valence-corrected chi connectivity index (χ1v) is 11.5. The van der Waals surface area contributed by atoms with Crippen LogP contribution in [-0.4, -0.2) is 48.6 Å². The highest BCUT2D eigenvalue weighted by molar-refractivity contribution is 5.98. The zero-order valence-corrected chi connectivity index (χ0v) is 19.5. The van der Waals surface area contributed by atoms with Gasteiger partial charge < -0.3 is 15.4 Å². The predicted molar refractivity (Wildman–Crippen MR) is 130 cm³/mol. The zero-order chi connectivity index (χ0) is 26.2. The van der Waals surface area contributed by atoms with Gasteiger partial charge in [0.05, 0.1) is 17.0 Å². The Hall–Kier alpha value is -4.48. The third-order valence-corrected chi connectivity index (χ3v) is 6.16. The van der Waals surface area contributed by atoms with Crippen molar-refractivity contribution in [2.75, 3.05) is 18.8 Å². The summed E-state index contributed by atoms with van der Waals surface area (Å²) in [4.78, 5) is 26.7. The number of carbonyl (C=O) groups excluding carboxylic acids is 1. The first-order valence-electron chi connectivity index (χ1n) is 11.5. The van der Waals surface area contributed by atoms with Gasteiger partial charge in [-0.2, -0.15) is 18.3 Å². The molecule has 1 fully saturated rings. The second-order valence-corrected chi connectivity index (χ2v) is 8.54. The zero-order valence-electron chi connectivity index (χ0n) is 19.5. The van der Waals surface area contributed by atoms with E-state index in [-0.39, 0.29) is 29.4 Å². The fourth-order valence-corrected chi connectivity index (χ4v) is 4.35. The Morgan fingerprint density at radius 2 is 1.92 bits per heavy atom. The number of nitrogens with zero attached hydrogens (tertiary/aromatic N) is 6. The van der Waals surface area contributed by atoms with Crippen molar-refractivity contribution in [1.82, 2.24) is 29.6 Å². The number of ether oxygens (including phenoxy) is 1. The molecule has 0 spiro atoms. The molecule has 0 radical (unpaired) electrons. The number of pyridine rings is 1. The summed E-state index contributed by atoms with van der Waals surface area (Å²) in [6.07, 6.45) is 1.39. The van der Waals surface area contributed by atoms with Crippen molar-refractivity contribution >= 4 is 22.8 Å². The van der Waals surface area contributed by atoms with Crippen LogP contribution in [0.15, 0.2) is 61.6 Å². The number of rotatable bonds is 5. The van der Waals surface area contributed by atoms with Crippen molar-refractivity contribution in [2.24, 2.45) is 0 Å². The van der Waals surface area contributed by atoms with Gasteiger partial charge in [0, 0.05) is 30.9 Å². The summed E-state index contributed by atoms with van der Waals surface area (Å²) >= 11 is 0. The molecule has 0 unspecified atom stereocenters. The van der Waals surface area contributed by atoms with Crippen LogP contribution < -0.4 is 10.5 Å². The first kappa shape index (κ1) is 24.2. The van der Waals surface area contributed by atoms with Crippen LogP contribution in [0.1, 0.15) is 24.4 Å². The molecular formula is C25H22F3N7O2. The molecule has 12 heteroatoms. The van der Waals surface area contributed by atoms with Gasteiger partial charge in [-0.3, -0.25) is 4.79 Å². The lowest BCUT2D eigenvalue weighted by atomic mass is 10.1. The Balaban J connectivity index is 1.43. The van der Waals surface area contributed by atoms with E-state index in [1.807, 2.05) is 0 Å². The number of halogens is 3. The van der Waals surface area contributed by atoms with Crippen LogP contribution in [0.25, 0.3) is 22.3 Å². The van der Waals surface area contributed by atoms with E-state index < -0.39 is 11.7 Å². The molecule has 190 valence electrons. The average molecular weight is 509 g/mol. The van der Waals surface area contributed by atoms with Gasteiger partial charge in [-0.25, -0.2) is 19.6 Å². The number of piperidine rings is 1. The Bertz CT molecular complexity index is 1450. The molecule has 37 heavy (non-hydrogen) atoms. The Kier molecular flexibility index (Phi) is 6.24. The molecule has 5 rings (SSSR count). The lowest BCUT2D eigenvalue weighted by Gasteiger charge is -2.32. The summed E-state index contributed by atoms with van der Waals surface area (Å²) in [7, 11) is 0. The summed E-state index contributed by atoms with van der Waals surface area (Å²) in [5.41, 5.74) is 7.13. The van der Waals surface area contributed by atoms with Crippen LogP contribution in [0.3, 0.4) is 0 Å². The number of aromatic nitrogens is 5. The summed E-state index contributed by atoms with van der Waals surface area (Å²) in [6, 6.07) is 7.55. The lowest BCUT2D eigenvalue weighted by Crippen LogP contribution is -2.40. The number of amides is 1. The van der Waals surface area contributed by atoms with Gasteiger partial charge in [0.2, 0.25) is 11.8 Å². The number of anilines is 1. The van der Waals surface area contributed by atoms with Crippen molar-refractivity contribution in [3.05, 3.63) is 67.1 Å². The largest absolute Gasteiger partial charge is 0.439 e. The molecule has 0 aliphatic carbocycles. The minimum Gasteiger partial charge on any atom is -0.439 e. The lowest BCUT2D eigenvalue weighted by molar-refractivity contribution is -0.137. The van der Waals surface area contributed by atoms with Gasteiger partial charge in [0.1, 0.15) is 23.6 Å². The Morgan fingerprint density at radius 3 is 2.59 bits per heavy atom. The van der Waals surface area contributed by atoms with Crippen molar-refractivity contribution in [1.29, 1.82) is 0 Å². The normalized spacial score (nSPS) is 16.1. The van der Waals surface area contributed by atoms with E-state index in [9.17, 15) is 18.0 Å². The molecule has 1 aliphatic rings. The monoisotopic (exact) mass is 509 g/mol. The average Bonchev–Trinajstić information content (AvgIpc) is 3.29. The maximum absolute atomic E-state index is 12.8. The fourth-order valence-electron chi connectivity index (χ4n) is 4.35. The molecule has 1 aliphatic heterocycles. The third-order valence-electron chi connectivity index (χ3n) is 6.16. The summed E-state index contributed by atoms with van der Waals surface area (Å²) in [6.45, 7) is 4.68. The number of alkyl halides is 3. The second-order valence-electron chi connectivity index (χ2n) is 8.54. The smallest absolute Gasteiger partial charge is 0.416 e. The van der Waals surface area contributed by atoms with Gasteiger partial charge in [0.25, 0.3) is 0 Å². The molecule has 1 amide bonds. The van der Waals surface area contributed by atoms with E-state index in [1.54, 1.807) is 21.7 Å². The number of fused-ring (bicyclic) bond motifs is 1. The van der Waals surface area contributed by atoms with Crippen LogP contribution in [0.5, 0.6) is 11.6 Å². The highest BCUT2D eigenvalue weighted by Crippen LogP contribution is 2.35. The molecule has 1 aromatic carbocycles. The third kappa shape index (κ3) is 4.82. The minimum atomic E-state index is -4.42. The van der Waals surface area contributed by atoms with Crippen LogP contribution >= 0.6 is 0 Å². The molecule has 0 saturated carbocycles. The summed E-state index contributed by atoms with van der Waals surface area (Å²) in [5, 5.41) is 5.36.